The molecule has 0 aromatic heterocycles. The van der Waals surface area contributed by atoms with Crippen LogP contribution >= 0.6 is 0 Å². The zero-order valence-corrected chi connectivity index (χ0v) is 28.5. The van der Waals surface area contributed by atoms with Crippen LogP contribution in [-0.2, 0) is 24.9 Å². The number of fused-ring (bicyclic) bond motifs is 4. The summed E-state index contributed by atoms with van der Waals surface area (Å²) in [6, 6.07) is 21.5. The van der Waals surface area contributed by atoms with E-state index >= 15 is 0 Å². The Morgan fingerprint density at radius 2 is 1.36 bits per heavy atom. The fraction of sp³-hybridized carbons (Fsp3) is 0.462. The van der Waals surface area contributed by atoms with Crippen molar-refractivity contribution < 1.29 is 18.8 Å². The van der Waals surface area contributed by atoms with Crippen LogP contribution in [0.4, 0.5) is 4.79 Å². The average molecular weight is 606 g/mol. The molecule has 0 radical (unpaired) electrons. The monoisotopic (exact) mass is 605 g/mol. The lowest BCUT2D eigenvalue weighted by atomic mass is 9.62. The molecule has 0 unspecified atom stereocenters. The highest BCUT2D eigenvalue weighted by Gasteiger charge is 2.52. The van der Waals surface area contributed by atoms with Gasteiger partial charge in [0.2, 0.25) is 0 Å². The summed E-state index contributed by atoms with van der Waals surface area (Å²) in [7, 11) is -0.594. The van der Waals surface area contributed by atoms with Gasteiger partial charge in [-0.3, -0.25) is 0 Å². The molecule has 1 N–H and O–H groups in total. The number of carbonyl (C=O) groups excluding carboxylic acids is 1. The van der Waals surface area contributed by atoms with Gasteiger partial charge in [0.1, 0.15) is 6.61 Å². The summed E-state index contributed by atoms with van der Waals surface area (Å²) in [4.78, 5) is 13.2. The topological polar surface area (TPSA) is 56.8 Å². The number of rotatable bonds is 6. The van der Waals surface area contributed by atoms with Crippen molar-refractivity contribution in [3.8, 4) is 11.1 Å². The van der Waals surface area contributed by atoms with Crippen LogP contribution in [0, 0.1) is 6.92 Å². The molecule has 1 saturated heterocycles. The molecule has 6 rings (SSSR count). The smallest absolute Gasteiger partial charge is 0.449 e. The van der Waals surface area contributed by atoms with Crippen molar-refractivity contribution in [2.45, 2.75) is 103 Å². The van der Waals surface area contributed by atoms with Crippen molar-refractivity contribution in [3.05, 3.63) is 99.5 Å². The SMILES string of the molecule is Cc1cc2c(cc1C=C(CNC(=O)OCC1c3ccccc3-c3ccccc31)B1OC(C)(C)C(C)(C)O1)C(C)(C)CCC2(C)C. The average Bonchev–Trinajstić information content (AvgIpc) is 3.41. The van der Waals surface area contributed by atoms with E-state index < -0.39 is 24.4 Å². The summed E-state index contributed by atoms with van der Waals surface area (Å²) >= 11 is 0. The van der Waals surface area contributed by atoms with Gasteiger partial charge in [-0.05, 0) is 108 Å². The van der Waals surface area contributed by atoms with Crippen LogP contribution in [0.5, 0.6) is 0 Å². The largest absolute Gasteiger partial charge is 0.492 e. The minimum atomic E-state index is -0.594. The van der Waals surface area contributed by atoms with Gasteiger partial charge in [0.05, 0.1) is 11.2 Å². The Morgan fingerprint density at radius 3 is 1.91 bits per heavy atom. The number of hydrogen-bond donors (Lipinski definition) is 1. The highest BCUT2D eigenvalue weighted by Crippen LogP contribution is 2.47. The minimum absolute atomic E-state index is 0.00649. The number of nitrogens with one attached hydrogen (secondary N) is 1. The second kappa shape index (κ2) is 11.2. The Morgan fingerprint density at radius 1 is 0.844 bits per heavy atom. The Hall–Kier alpha value is -3.35. The summed E-state index contributed by atoms with van der Waals surface area (Å²) < 4.78 is 18.9. The lowest BCUT2D eigenvalue weighted by Gasteiger charge is -2.42. The fourth-order valence-electron chi connectivity index (χ4n) is 7.11. The van der Waals surface area contributed by atoms with E-state index in [0.717, 1.165) is 17.5 Å². The molecule has 1 heterocycles. The van der Waals surface area contributed by atoms with Crippen LogP contribution in [-0.4, -0.2) is 37.6 Å². The summed E-state index contributed by atoms with van der Waals surface area (Å²) in [5, 5.41) is 3.03. The first-order valence-electron chi connectivity index (χ1n) is 16.4. The van der Waals surface area contributed by atoms with Crippen molar-refractivity contribution in [1.82, 2.24) is 5.32 Å². The Labute approximate surface area is 269 Å². The Bertz CT molecular complexity index is 1610. The van der Waals surface area contributed by atoms with E-state index in [1.54, 1.807) is 0 Å². The Kier molecular flexibility index (Phi) is 7.85. The molecular formula is C39H48BNO4. The fourth-order valence-corrected chi connectivity index (χ4v) is 7.11. The number of carbonyl (C=O) groups is 1. The quantitative estimate of drug-likeness (QED) is 0.285. The molecule has 1 amide bonds. The van der Waals surface area contributed by atoms with E-state index in [4.69, 9.17) is 14.0 Å². The predicted octanol–water partition coefficient (Wildman–Crippen LogP) is 8.90. The van der Waals surface area contributed by atoms with Crippen molar-refractivity contribution in [2.75, 3.05) is 13.2 Å². The van der Waals surface area contributed by atoms with E-state index in [1.807, 2.05) is 12.1 Å². The third-order valence-corrected chi connectivity index (χ3v) is 10.9. The second-order valence-electron chi connectivity index (χ2n) is 15.5. The lowest BCUT2D eigenvalue weighted by Crippen LogP contribution is -2.41. The van der Waals surface area contributed by atoms with Gasteiger partial charge in [0, 0.05) is 12.5 Å². The van der Waals surface area contributed by atoms with Crippen molar-refractivity contribution in [3.63, 3.8) is 0 Å². The number of aryl methyl sites for hydroxylation is 1. The third kappa shape index (κ3) is 5.76. The molecule has 0 atom stereocenters. The number of hydrogen-bond acceptors (Lipinski definition) is 4. The molecule has 236 valence electrons. The maximum atomic E-state index is 13.2. The molecule has 3 aromatic rings. The van der Waals surface area contributed by atoms with Gasteiger partial charge in [0.15, 0.2) is 0 Å². The van der Waals surface area contributed by atoms with Gasteiger partial charge < -0.3 is 19.4 Å². The zero-order chi connectivity index (χ0) is 32.4. The molecule has 1 aliphatic heterocycles. The highest BCUT2D eigenvalue weighted by atomic mass is 16.7. The van der Waals surface area contributed by atoms with E-state index in [0.29, 0.717) is 0 Å². The van der Waals surface area contributed by atoms with Gasteiger partial charge in [-0.15, -0.1) is 0 Å². The number of benzene rings is 3. The normalized spacial score (nSPS) is 20.7. The molecule has 0 spiro atoms. The maximum Gasteiger partial charge on any atom is 0.492 e. The maximum absolute atomic E-state index is 13.2. The summed E-state index contributed by atoms with van der Waals surface area (Å²) in [5.74, 6) is 0.00649. The Balaban J connectivity index is 1.25. The molecule has 2 aliphatic carbocycles. The first-order valence-corrected chi connectivity index (χ1v) is 16.4. The molecule has 0 bridgehead atoms. The summed E-state index contributed by atoms with van der Waals surface area (Å²) in [5.41, 5.74) is 10.0. The van der Waals surface area contributed by atoms with Crippen LogP contribution < -0.4 is 5.32 Å². The molecule has 45 heavy (non-hydrogen) atoms. The first kappa shape index (κ1) is 31.6. The van der Waals surface area contributed by atoms with Crippen molar-refractivity contribution >= 4 is 19.3 Å². The van der Waals surface area contributed by atoms with Crippen LogP contribution in [0.25, 0.3) is 17.2 Å². The molecule has 3 aromatic carbocycles. The molecule has 6 heteroatoms. The minimum Gasteiger partial charge on any atom is -0.449 e. The number of alkyl carbamates (subject to hydrolysis) is 1. The molecule has 3 aliphatic rings. The molecule has 5 nitrogen and oxygen atoms in total. The van der Waals surface area contributed by atoms with E-state index in [9.17, 15) is 4.79 Å². The van der Waals surface area contributed by atoms with Crippen LogP contribution in [0.3, 0.4) is 0 Å². The third-order valence-electron chi connectivity index (χ3n) is 10.9. The van der Waals surface area contributed by atoms with Crippen molar-refractivity contribution in [1.29, 1.82) is 0 Å². The van der Waals surface area contributed by atoms with Crippen molar-refractivity contribution in [2.24, 2.45) is 0 Å². The van der Waals surface area contributed by atoms with Gasteiger partial charge in [-0.25, -0.2) is 4.79 Å². The van der Waals surface area contributed by atoms with E-state index in [-0.39, 0.29) is 29.9 Å². The molecule has 0 saturated carbocycles. The molecule has 1 fully saturated rings. The van der Waals surface area contributed by atoms with Crippen LogP contribution in [0.1, 0.15) is 108 Å². The lowest BCUT2D eigenvalue weighted by molar-refractivity contribution is 0.00578. The summed E-state index contributed by atoms with van der Waals surface area (Å²) in [6.07, 6.45) is 4.01. The van der Waals surface area contributed by atoms with E-state index in [1.165, 1.54) is 45.4 Å². The summed E-state index contributed by atoms with van der Waals surface area (Å²) in [6.45, 7) is 20.3. The number of ether oxygens (including phenoxy) is 1. The first-order chi connectivity index (χ1) is 21.1. The van der Waals surface area contributed by atoms with E-state index in [2.05, 4.69) is 122 Å². The predicted molar refractivity (Wildman–Crippen MR) is 184 cm³/mol. The number of amides is 1. The van der Waals surface area contributed by atoms with Crippen LogP contribution in [0.15, 0.2) is 66.1 Å². The molecular weight excluding hydrogens is 557 g/mol. The van der Waals surface area contributed by atoms with Crippen LogP contribution in [0.2, 0.25) is 0 Å². The van der Waals surface area contributed by atoms with Gasteiger partial charge in [-0.2, -0.15) is 0 Å². The highest BCUT2D eigenvalue weighted by molar-refractivity contribution is 6.56. The second-order valence-corrected chi connectivity index (χ2v) is 15.5. The zero-order valence-electron chi connectivity index (χ0n) is 28.5. The van der Waals surface area contributed by atoms with Gasteiger partial charge >= 0.3 is 13.2 Å². The van der Waals surface area contributed by atoms with Gasteiger partial charge in [-0.1, -0.05) is 94.4 Å². The van der Waals surface area contributed by atoms with Gasteiger partial charge in [0.25, 0.3) is 0 Å². The standard InChI is InChI=1S/C39H48BNO4/c1-25-20-33-34(37(4,5)19-18-36(33,2)3)22-26(25)21-27(40-44-38(6,7)39(8,9)45-40)23-41-35(42)43-24-32-30-16-12-10-14-28(30)29-15-11-13-17-31(29)32/h10-17,20-22,32H,18-19,23-24H2,1-9H3,(H,41,42).